The number of carboxylic acids is 1. The average Bonchev–Trinajstić information content (AvgIpc) is 2.50. The number of benzene rings is 1. The van der Waals surface area contributed by atoms with Crippen molar-refractivity contribution >= 4 is 11.9 Å². The molecule has 1 amide bonds. The summed E-state index contributed by atoms with van der Waals surface area (Å²) in [7, 11) is 0. The molecule has 120 valence electrons. The Labute approximate surface area is 130 Å². The van der Waals surface area contributed by atoms with E-state index in [-0.39, 0.29) is 24.9 Å². The first-order valence-electron chi connectivity index (χ1n) is 7.71. The number of nitrogens with zero attached hydrogens (tertiary/aromatic N) is 1. The number of carboxylic acid groups (broad SMARTS) is 1. The summed E-state index contributed by atoms with van der Waals surface area (Å²) in [5.74, 6) is -0.878. The number of hydrogen-bond acceptors (Lipinski definition) is 3. The summed E-state index contributed by atoms with van der Waals surface area (Å²) in [5.41, 5.74) is 2.12. The number of aryl methyl sites for hydroxylation is 1. The fourth-order valence-electron chi connectivity index (χ4n) is 2.71. The number of ether oxygens (including phenoxy) is 1. The monoisotopic (exact) mass is 305 g/mol. The summed E-state index contributed by atoms with van der Waals surface area (Å²) in [4.78, 5) is 25.2. The van der Waals surface area contributed by atoms with E-state index in [0.717, 1.165) is 24.0 Å². The summed E-state index contributed by atoms with van der Waals surface area (Å²) >= 11 is 0. The van der Waals surface area contributed by atoms with E-state index in [1.807, 2.05) is 31.2 Å². The number of amides is 1. The minimum atomic E-state index is -0.875. The van der Waals surface area contributed by atoms with Crippen LogP contribution in [0.3, 0.4) is 0 Å². The highest BCUT2D eigenvalue weighted by Crippen LogP contribution is 2.17. The molecule has 0 bridgehead atoms. The average molecular weight is 305 g/mol. The third kappa shape index (κ3) is 4.84. The third-order valence-electron chi connectivity index (χ3n) is 3.99. The van der Waals surface area contributed by atoms with Crippen molar-refractivity contribution in [1.29, 1.82) is 0 Å². The second-order valence-electron chi connectivity index (χ2n) is 5.74. The van der Waals surface area contributed by atoms with Gasteiger partial charge < -0.3 is 14.7 Å². The van der Waals surface area contributed by atoms with Crippen molar-refractivity contribution in [1.82, 2.24) is 4.90 Å². The Balaban J connectivity index is 2.03. The van der Waals surface area contributed by atoms with E-state index in [9.17, 15) is 9.59 Å². The van der Waals surface area contributed by atoms with Crippen molar-refractivity contribution in [2.24, 2.45) is 0 Å². The Bertz CT molecular complexity index is 506. The first-order chi connectivity index (χ1) is 10.6. The van der Waals surface area contributed by atoms with Gasteiger partial charge >= 0.3 is 5.97 Å². The molecule has 0 atom stereocenters. The van der Waals surface area contributed by atoms with E-state index >= 15 is 0 Å². The van der Waals surface area contributed by atoms with Crippen LogP contribution < -0.4 is 0 Å². The van der Waals surface area contributed by atoms with Crippen LogP contribution in [0.5, 0.6) is 0 Å². The summed E-state index contributed by atoms with van der Waals surface area (Å²) in [6.45, 7) is 3.54. The summed E-state index contributed by atoms with van der Waals surface area (Å²) in [6, 6.07) is 7.96. The molecule has 1 aromatic rings. The Morgan fingerprint density at radius 1 is 1.23 bits per heavy atom. The van der Waals surface area contributed by atoms with Crippen LogP contribution in [0, 0.1) is 6.92 Å². The minimum Gasteiger partial charge on any atom is -0.481 e. The highest BCUT2D eigenvalue weighted by Gasteiger charge is 2.26. The lowest BCUT2D eigenvalue weighted by Crippen LogP contribution is -2.45. The molecule has 1 N–H and O–H groups in total. The van der Waals surface area contributed by atoms with Gasteiger partial charge in [-0.2, -0.15) is 0 Å². The molecule has 1 aromatic carbocycles. The van der Waals surface area contributed by atoms with Crippen LogP contribution in [0.2, 0.25) is 0 Å². The van der Waals surface area contributed by atoms with Gasteiger partial charge in [0.15, 0.2) is 0 Å². The van der Waals surface area contributed by atoms with Crippen LogP contribution in [0.1, 0.15) is 30.4 Å². The van der Waals surface area contributed by atoms with Gasteiger partial charge in [0, 0.05) is 25.8 Å². The van der Waals surface area contributed by atoms with Gasteiger partial charge in [0.2, 0.25) is 5.91 Å². The molecule has 0 unspecified atom stereocenters. The quantitative estimate of drug-likeness (QED) is 0.873. The first kappa shape index (κ1) is 16.5. The van der Waals surface area contributed by atoms with Crippen LogP contribution in [0.25, 0.3) is 0 Å². The molecule has 5 heteroatoms. The predicted octanol–water partition coefficient (Wildman–Crippen LogP) is 2.02. The maximum atomic E-state index is 12.6. The van der Waals surface area contributed by atoms with E-state index in [0.29, 0.717) is 19.6 Å². The molecule has 1 saturated heterocycles. The molecule has 1 fully saturated rings. The lowest BCUT2D eigenvalue weighted by molar-refractivity contribution is -0.140. The zero-order valence-electron chi connectivity index (χ0n) is 13.0. The van der Waals surface area contributed by atoms with E-state index in [1.54, 1.807) is 4.90 Å². The predicted molar refractivity (Wildman–Crippen MR) is 82.7 cm³/mol. The van der Waals surface area contributed by atoms with Crippen LogP contribution in [0.4, 0.5) is 0 Å². The lowest BCUT2D eigenvalue weighted by atomic mass is 10.0. The molecule has 0 aliphatic carbocycles. The topological polar surface area (TPSA) is 66.8 Å². The van der Waals surface area contributed by atoms with Crippen LogP contribution in [-0.4, -0.2) is 47.7 Å². The second-order valence-corrected chi connectivity index (χ2v) is 5.74. The molecule has 1 aliphatic rings. The molecule has 2 rings (SSSR count). The zero-order valence-corrected chi connectivity index (χ0v) is 13.0. The second kappa shape index (κ2) is 7.94. The number of carbonyl (C=O) groups excluding carboxylic acids is 1. The number of carbonyl (C=O) groups is 2. The lowest BCUT2D eigenvalue weighted by Gasteiger charge is -2.34. The van der Waals surface area contributed by atoms with Crippen LogP contribution in [-0.2, 0) is 20.7 Å². The highest BCUT2D eigenvalue weighted by atomic mass is 16.5. The first-order valence-corrected chi connectivity index (χ1v) is 7.71. The zero-order chi connectivity index (χ0) is 15.9. The maximum absolute atomic E-state index is 12.6. The summed E-state index contributed by atoms with van der Waals surface area (Å²) in [5, 5.41) is 8.90. The third-order valence-corrected chi connectivity index (χ3v) is 3.99. The Morgan fingerprint density at radius 3 is 2.45 bits per heavy atom. The Hall–Kier alpha value is -1.88. The highest BCUT2D eigenvalue weighted by molar-refractivity contribution is 5.79. The van der Waals surface area contributed by atoms with E-state index in [1.165, 1.54) is 0 Å². The van der Waals surface area contributed by atoms with Crippen molar-refractivity contribution in [2.45, 2.75) is 38.6 Å². The molecular weight excluding hydrogens is 282 g/mol. The molecule has 0 aromatic heterocycles. The molecule has 1 heterocycles. The van der Waals surface area contributed by atoms with Crippen LogP contribution >= 0.6 is 0 Å². The molecule has 1 aliphatic heterocycles. The summed E-state index contributed by atoms with van der Waals surface area (Å²) in [6.07, 6.45) is 1.85. The van der Waals surface area contributed by atoms with E-state index in [4.69, 9.17) is 9.84 Å². The number of rotatable bonds is 6. The molecular formula is C17H23NO4. The molecule has 0 radical (unpaired) electrons. The fourth-order valence-corrected chi connectivity index (χ4v) is 2.71. The van der Waals surface area contributed by atoms with Crippen molar-refractivity contribution in [2.75, 3.05) is 19.8 Å². The van der Waals surface area contributed by atoms with Gasteiger partial charge in [-0.1, -0.05) is 29.8 Å². The van der Waals surface area contributed by atoms with Gasteiger partial charge in [0.1, 0.15) is 0 Å². The molecule has 0 saturated carbocycles. The van der Waals surface area contributed by atoms with Gasteiger partial charge in [-0.3, -0.25) is 9.59 Å². The van der Waals surface area contributed by atoms with Gasteiger partial charge in [0.05, 0.1) is 12.8 Å². The minimum absolute atomic E-state index is 0.00277. The SMILES string of the molecule is Cc1ccc(CC(=O)N(CCC(=O)O)C2CCOCC2)cc1. The molecule has 22 heavy (non-hydrogen) atoms. The van der Waals surface area contributed by atoms with E-state index < -0.39 is 5.97 Å². The van der Waals surface area contributed by atoms with Crippen molar-refractivity contribution < 1.29 is 19.4 Å². The van der Waals surface area contributed by atoms with Crippen molar-refractivity contribution in [3.63, 3.8) is 0 Å². The largest absolute Gasteiger partial charge is 0.481 e. The molecule has 5 nitrogen and oxygen atoms in total. The van der Waals surface area contributed by atoms with E-state index in [2.05, 4.69) is 0 Å². The Kier molecular flexibility index (Phi) is 5.95. The van der Waals surface area contributed by atoms with Crippen molar-refractivity contribution in [3.05, 3.63) is 35.4 Å². The number of aliphatic carboxylic acids is 1. The normalized spacial score (nSPS) is 15.5. The van der Waals surface area contributed by atoms with Gasteiger partial charge in [-0.05, 0) is 25.3 Å². The standard InChI is InChI=1S/C17H23NO4/c1-13-2-4-14(5-3-13)12-16(19)18(9-6-17(20)21)15-7-10-22-11-8-15/h2-5,15H,6-12H2,1H3,(H,20,21). The Morgan fingerprint density at radius 2 is 1.86 bits per heavy atom. The smallest absolute Gasteiger partial charge is 0.305 e. The number of hydrogen-bond donors (Lipinski definition) is 1. The molecule has 0 spiro atoms. The van der Waals surface area contributed by atoms with Gasteiger partial charge in [-0.25, -0.2) is 0 Å². The van der Waals surface area contributed by atoms with Crippen LogP contribution in [0.15, 0.2) is 24.3 Å². The summed E-state index contributed by atoms with van der Waals surface area (Å²) < 4.78 is 5.33. The fraction of sp³-hybridized carbons (Fsp3) is 0.529. The van der Waals surface area contributed by atoms with Gasteiger partial charge in [0.25, 0.3) is 0 Å². The maximum Gasteiger partial charge on any atom is 0.305 e. The van der Waals surface area contributed by atoms with Crippen molar-refractivity contribution in [3.8, 4) is 0 Å². The van der Waals surface area contributed by atoms with Gasteiger partial charge in [-0.15, -0.1) is 0 Å².